The van der Waals surface area contributed by atoms with Gasteiger partial charge < -0.3 is 15.2 Å². The van der Waals surface area contributed by atoms with Gasteiger partial charge in [-0.1, -0.05) is 47.7 Å². The van der Waals surface area contributed by atoms with E-state index in [4.69, 9.17) is 9.84 Å². The summed E-state index contributed by atoms with van der Waals surface area (Å²) in [4.78, 5) is 39.9. The number of aryl methyl sites for hydroxylation is 1. The van der Waals surface area contributed by atoms with Crippen molar-refractivity contribution in [1.29, 1.82) is 0 Å². The molecule has 0 fully saturated rings. The Bertz CT molecular complexity index is 1340. The summed E-state index contributed by atoms with van der Waals surface area (Å²) in [7, 11) is 0. The molecule has 3 aromatic carbocycles. The Kier molecular flexibility index (Phi) is 7.14. The first kappa shape index (κ1) is 22.9. The first-order valence-electron chi connectivity index (χ1n) is 10.5. The number of nitrogens with zero attached hydrogens (tertiary/aromatic N) is 1. The summed E-state index contributed by atoms with van der Waals surface area (Å²) in [6, 6.07) is 21.1. The second-order valence-corrected chi connectivity index (χ2v) is 8.44. The molecule has 9 heteroatoms. The van der Waals surface area contributed by atoms with E-state index in [0.29, 0.717) is 29.2 Å². The minimum atomic E-state index is -1.07. The molecule has 0 radical (unpaired) electrons. The Hall–Kier alpha value is -4.24. The van der Waals surface area contributed by atoms with Crippen LogP contribution in [0, 0.1) is 0 Å². The van der Waals surface area contributed by atoms with E-state index in [1.54, 1.807) is 24.3 Å². The van der Waals surface area contributed by atoms with Gasteiger partial charge in [-0.25, -0.2) is 9.78 Å². The predicted octanol–water partition coefficient (Wildman–Crippen LogP) is 4.58. The van der Waals surface area contributed by atoms with Gasteiger partial charge in [-0.05, 0) is 48.4 Å². The number of benzene rings is 3. The lowest BCUT2D eigenvalue weighted by Crippen LogP contribution is -2.20. The lowest BCUT2D eigenvalue weighted by Gasteiger charge is -2.06. The van der Waals surface area contributed by atoms with E-state index in [1.807, 2.05) is 36.4 Å². The van der Waals surface area contributed by atoms with Crippen LogP contribution in [0.4, 0.5) is 10.8 Å². The molecule has 0 spiro atoms. The maximum absolute atomic E-state index is 12.3. The smallest absolute Gasteiger partial charge is 0.335 e. The van der Waals surface area contributed by atoms with Gasteiger partial charge in [-0.15, -0.1) is 0 Å². The summed E-state index contributed by atoms with van der Waals surface area (Å²) < 4.78 is 6.19. The molecule has 0 bridgehead atoms. The maximum atomic E-state index is 12.3. The summed E-state index contributed by atoms with van der Waals surface area (Å²) in [6.07, 6.45) is 1.04. The molecule has 1 heterocycles. The number of thiazole rings is 1. The lowest BCUT2D eigenvalue weighted by molar-refractivity contribution is -0.118. The number of carboxylic acid groups (broad SMARTS) is 1. The maximum Gasteiger partial charge on any atom is 0.335 e. The van der Waals surface area contributed by atoms with Crippen LogP contribution in [0.2, 0.25) is 0 Å². The number of hydrogen-bond acceptors (Lipinski definition) is 6. The SMILES string of the molecule is O=C(CCc1ccccc1)Nc1ccc2nc(NC(=O)COc3cccc(C(=O)O)c3)sc2c1. The van der Waals surface area contributed by atoms with Gasteiger partial charge in [-0.2, -0.15) is 0 Å². The Balaban J connectivity index is 1.31. The number of carbonyl (C=O) groups is 3. The van der Waals surface area contributed by atoms with E-state index >= 15 is 0 Å². The predicted molar refractivity (Wildman–Crippen MR) is 131 cm³/mol. The van der Waals surface area contributed by atoms with Crippen molar-refractivity contribution in [2.45, 2.75) is 12.8 Å². The van der Waals surface area contributed by atoms with Crippen molar-refractivity contribution in [3.63, 3.8) is 0 Å². The van der Waals surface area contributed by atoms with Gasteiger partial charge >= 0.3 is 5.97 Å². The van der Waals surface area contributed by atoms with Crippen LogP contribution in [-0.4, -0.2) is 34.5 Å². The number of aromatic nitrogens is 1. The van der Waals surface area contributed by atoms with Gasteiger partial charge in [0.1, 0.15) is 5.75 Å². The fraction of sp³-hybridized carbons (Fsp3) is 0.120. The Morgan fingerprint density at radius 3 is 2.53 bits per heavy atom. The number of fused-ring (bicyclic) bond motifs is 1. The molecule has 1 aromatic heterocycles. The van der Waals surface area contributed by atoms with E-state index in [0.717, 1.165) is 10.3 Å². The van der Waals surface area contributed by atoms with Crippen molar-refractivity contribution >= 4 is 50.2 Å². The van der Waals surface area contributed by atoms with Crippen molar-refractivity contribution in [3.8, 4) is 5.75 Å². The van der Waals surface area contributed by atoms with E-state index in [9.17, 15) is 14.4 Å². The summed E-state index contributed by atoms with van der Waals surface area (Å²) in [5, 5.41) is 15.0. The summed E-state index contributed by atoms with van der Waals surface area (Å²) in [6.45, 7) is -0.290. The van der Waals surface area contributed by atoms with Crippen LogP contribution in [0.3, 0.4) is 0 Å². The first-order valence-corrected chi connectivity index (χ1v) is 11.3. The van der Waals surface area contributed by atoms with Gasteiger partial charge in [0.15, 0.2) is 11.7 Å². The Morgan fingerprint density at radius 1 is 0.912 bits per heavy atom. The third-order valence-corrected chi connectivity index (χ3v) is 5.79. The third-order valence-electron chi connectivity index (χ3n) is 4.85. The zero-order valence-corrected chi connectivity index (χ0v) is 18.8. The number of rotatable bonds is 9. The molecule has 34 heavy (non-hydrogen) atoms. The standard InChI is InChI=1S/C25H21N3O5S/c29-22(12-9-16-5-2-1-3-6-16)26-18-10-11-20-21(14-18)34-25(27-20)28-23(30)15-33-19-8-4-7-17(13-19)24(31)32/h1-8,10-11,13-14H,9,12,15H2,(H,26,29)(H,31,32)(H,27,28,30). The normalized spacial score (nSPS) is 10.6. The molecule has 0 unspecified atom stereocenters. The highest BCUT2D eigenvalue weighted by Crippen LogP contribution is 2.28. The molecule has 0 saturated heterocycles. The monoisotopic (exact) mass is 475 g/mol. The number of ether oxygens (including phenoxy) is 1. The average Bonchev–Trinajstić information content (AvgIpc) is 3.23. The van der Waals surface area contributed by atoms with Crippen LogP contribution in [0.15, 0.2) is 72.8 Å². The molecule has 0 aliphatic carbocycles. The van der Waals surface area contributed by atoms with E-state index in [2.05, 4.69) is 15.6 Å². The van der Waals surface area contributed by atoms with Gasteiger partial charge in [0.2, 0.25) is 5.91 Å². The van der Waals surface area contributed by atoms with Gasteiger partial charge in [0.05, 0.1) is 15.8 Å². The zero-order valence-electron chi connectivity index (χ0n) is 18.0. The number of hydrogen-bond donors (Lipinski definition) is 3. The fourth-order valence-corrected chi connectivity index (χ4v) is 4.13. The second-order valence-electron chi connectivity index (χ2n) is 7.41. The zero-order chi connectivity index (χ0) is 23.9. The number of nitrogens with one attached hydrogen (secondary N) is 2. The molecule has 3 N–H and O–H groups in total. The largest absolute Gasteiger partial charge is 0.484 e. The Labute approximate surface area is 199 Å². The van der Waals surface area contributed by atoms with Gasteiger partial charge in [-0.3, -0.25) is 14.9 Å². The molecule has 2 amide bonds. The highest BCUT2D eigenvalue weighted by Gasteiger charge is 2.11. The summed E-state index contributed by atoms with van der Waals surface area (Å²) >= 11 is 1.28. The fourth-order valence-electron chi connectivity index (χ4n) is 3.21. The van der Waals surface area contributed by atoms with Crippen LogP contribution in [0.5, 0.6) is 5.75 Å². The highest BCUT2D eigenvalue weighted by molar-refractivity contribution is 7.22. The van der Waals surface area contributed by atoms with Crippen molar-refractivity contribution in [2.75, 3.05) is 17.2 Å². The van der Waals surface area contributed by atoms with Crippen LogP contribution >= 0.6 is 11.3 Å². The Morgan fingerprint density at radius 2 is 1.74 bits per heavy atom. The molecule has 4 rings (SSSR count). The molecule has 172 valence electrons. The van der Waals surface area contributed by atoms with Crippen molar-refractivity contribution in [2.24, 2.45) is 0 Å². The quantitative estimate of drug-likeness (QED) is 0.326. The van der Waals surface area contributed by atoms with Crippen LogP contribution in [0.1, 0.15) is 22.3 Å². The molecule has 0 aliphatic rings. The van der Waals surface area contributed by atoms with Crippen LogP contribution < -0.4 is 15.4 Å². The van der Waals surface area contributed by atoms with Crippen molar-refractivity contribution in [1.82, 2.24) is 4.98 Å². The molecular weight excluding hydrogens is 454 g/mol. The minimum absolute atomic E-state index is 0.0760. The number of carbonyl (C=O) groups excluding carboxylic acids is 2. The molecule has 4 aromatic rings. The molecule has 8 nitrogen and oxygen atoms in total. The second kappa shape index (κ2) is 10.6. The molecule has 0 aliphatic heterocycles. The van der Waals surface area contributed by atoms with Crippen molar-refractivity contribution in [3.05, 3.63) is 83.9 Å². The van der Waals surface area contributed by atoms with Crippen molar-refractivity contribution < 1.29 is 24.2 Å². The molecular formula is C25H21N3O5S. The highest BCUT2D eigenvalue weighted by atomic mass is 32.1. The first-order chi connectivity index (χ1) is 16.5. The number of anilines is 2. The van der Waals surface area contributed by atoms with E-state index in [1.165, 1.54) is 23.5 Å². The van der Waals surface area contributed by atoms with Crippen LogP contribution in [0.25, 0.3) is 10.2 Å². The van der Waals surface area contributed by atoms with Gasteiger partial charge in [0.25, 0.3) is 5.91 Å². The summed E-state index contributed by atoms with van der Waals surface area (Å²) in [5.41, 5.74) is 2.54. The lowest BCUT2D eigenvalue weighted by atomic mass is 10.1. The van der Waals surface area contributed by atoms with E-state index in [-0.39, 0.29) is 23.8 Å². The van der Waals surface area contributed by atoms with E-state index < -0.39 is 11.9 Å². The van der Waals surface area contributed by atoms with Gasteiger partial charge in [0, 0.05) is 12.1 Å². The number of carboxylic acids is 1. The number of amides is 2. The summed E-state index contributed by atoms with van der Waals surface area (Å²) in [5.74, 6) is -1.29. The average molecular weight is 476 g/mol. The number of aromatic carboxylic acids is 1. The minimum Gasteiger partial charge on any atom is -0.484 e. The third kappa shape index (κ3) is 6.17. The molecule has 0 atom stereocenters. The van der Waals surface area contributed by atoms with Crippen LogP contribution in [-0.2, 0) is 16.0 Å². The topological polar surface area (TPSA) is 118 Å². The molecule has 0 saturated carbocycles.